The summed E-state index contributed by atoms with van der Waals surface area (Å²) in [6.45, 7) is 0. The third-order valence-corrected chi connectivity index (χ3v) is 3.06. The second-order valence-corrected chi connectivity index (χ2v) is 5.02. The number of carboxylic acids is 1. The molecule has 94 valence electrons. The Morgan fingerprint density at radius 2 is 2.00 bits per heavy atom. The highest BCUT2D eigenvalue weighted by Crippen LogP contribution is 2.27. The molecule has 18 heavy (non-hydrogen) atoms. The largest absolute Gasteiger partial charge is 0.477 e. The lowest BCUT2D eigenvalue weighted by atomic mass is 10.2. The van der Waals surface area contributed by atoms with Gasteiger partial charge in [-0.05, 0) is 34.1 Å². The van der Waals surface area contributed by atoms with Gasteiger partial charge in [-0.3, -0.25) is 0 Å². The Kier molecular flexibility index (Phi) is 3.43. The van der Waals surface area contributed by atoms with Crippen LogP contribution >= 0.6 is 15.9 Å². The summed E-state index contributed by atoms with van der Waals surface area (Å²) in [7, 11) is 3.86. The molecule has 0 fully saturated rings. The predicted octanol–water partition coefficient (Wildman–Crippen LogP) is 3.00. The number of anilines is 1. The number of aromatic carboxylic acids is 1. The molecule has 0 aliphatic carbocycles. The molecule has 0 radical (unpaired) electrons. The normalized spacial score (nSPS) is 10.4. The molecule has 0 amide bonds. The quantitative estimate of drug-likeness (QED) is 0.948. The number of rotatable bonds is 3. The van der Waals surface area contributed by atoms with E-state index in [1.165, 1.54) is 0 Å². The van der Waals surface area contributed by atoms with Gasteiger partial charge in [-0.25, -0.2) is 4.79 Å². The summed E-state index contributed by atoms with van der Waals surface area (Å²) >= 11 is 3.31. The fourth-order valence-electron chi connectivity index (χ4n) is 1.84. The topological polar surface area (TPSA) is 45.5 Å². The number of hydrogen-bond acceptors (Lipinski definition) is 2. The molecular formula is C13H13BrN2O2. The van der Waals surface area contributed by atoms with Crippen LogP contribution in [0.1, 0.15) is 10.5 Å². The Balaban J connectivity index is 2.65. The average molecular weight is 309 g/mol. The van der Waals surface area contributed by atoms with E-state index in [-0.39, 0.29) is 5.69 Å². The number of carbonyl (C=O) groups is 1. The molecule has 0 aliphatic rings. The summed E-state index contributed by atoms with van der Waals surface area (Å²) in [5.41, 5.74) is 2.03. The van der Waals surface area contributed by atoms with Gasteiger partial charge in [-0.15, -0.1) is 0 Å². The molecule has 0 atom stereocenters. The molecule has 1 aromatic heterocycles. The van der Waals surface area contributed by atoms with Crippen molar-refractivity contribution in [3.05, 3.63) is 46.7 Å². The van der Waals surface area contributed by atoms with E-state index in [0.29, 0.717) is 0 Å². The van der Waals surface area contributed by atoms with Crippen LogP contribution in [0.25, 0.3) is 5.69 Å². The standard InChI is InChI=1S/C13H13BrN2O2/c1-15(2)10-5-3-4-6-11(10)16-8-9(14)7-12(16)13(17)18/h3-8H,1-2H3,(H,17,18). The number of nitrogens with zero attached hydrogens (tertiary/aromatic N) is 2. The number of hydrogen-bond donors (Lipinski definition) is 1. The summed E-state index contributed by atoms with van der Waals surface area (Å²) in [5.74, 6) is -0.950. The van der Waals surface area contributed by atoms with Crippen molar-refractivity contribution >= 4 is 27.6 Å². The Hall–Kier alpha value is -1.75. The van der Waals surface area contributed by atoms with Gasteiger partial charge < -0.3 is 14.6 Å². The van der Waals surface area contributed by atoms with Crippen molar-refractivity contribution in [3.63, 3.8) is 0 Å². The smallest absolute Gasteiger partial charge is 0.352 e. The van der Waals surface area contributed by atoms with E-state index in [0.717, 1.165) is 15.8 Å². The minimum atomic E-state index is -0.950. The van der Waals surface area contributed by atoms with Crippen LogP contribution in [-0.2, 0) is 0 Å². The predicted molar refractivity (Wildman–Crippen MR) is 74.8 cm³/mol. The summed E-state index contributed by atoms with van der Waals surface area (Å²) in [4.78, 5) is 13.2. The molecule has 0 spiro atoms. The van der Waals surface area contributed by atoms with Gasteiger partial charge in [-0.2, -0.15) is 0 Å². The molecule has 1 N–H and O–H groups in total. The van der Waals surface area contributed by atoms with Gasteiger partial charge in [0.15, 0.2) is 0 Å². The van der Waals surface area contributed by atoms with Crippen molar-refractivity contribution in [1.82, 2.24) is 4.57 Å². The van der Waals surface area contributed by atoms with E-state index in [4.69, 9.17) is 0 Å². The first-order valence-corrected chi connectivity index (χ1v) is 6.18. The van der Waals surface area contributed by atoms with Crippen molar-refractivity contribution in [2.45, 2.75) is 0 Å². The first-order chi connectivity index (χ1) is 8.50. The van der Waals surface area contributed by atoms with E-state index in [9.17, 15) is 9.90 Å². The summed E-state index contributed by atoms with van der Waals surface area (Å²) < 4.78 is 2.41. The summed E-state index contributed by atoms with van der Waals surface area (Å²) in [6, 6.07) is 9.26. The molecule has 1 aromatic carbocycles. The van der Waals surface area contributed by atoms with Gasteiger partial charge in [0.2, 0.25) is 0 Å². The fraction of sp³-hybridized carbons (Fsp3) is 0.154. The van der Waals surface area contributed by atoms with Gasteiger partial charge in [-0.1, -0.05) is 12.1 Å². The molecule has 0 bridgehead atoms. The van der Waals surface area contributed by atoms with Crippen LogP contribution in [0.5, 0.6) is 0 Å². The number of carboxylic acid groups (broad SMARTS) is 1. The molecule has 0 aliphatic heterocycles. The average Bonchev–Trinajstić information content (AvgIpc) is 2.71. The summed E-state index contributed by atoms with van der Waals surface area (Å²) in [5, 5.41) is 9.21. The van der Waals surface area contributed by atoms with Crippen LogP contribution in [0.15, 0.2) is 41.0 Å². The van der Waals surface area contributed by atoms with Crippen molar-refractivity contribution in [2.75, 3.05) is 19.0 Å². The Bertz CT molecular complexity index is 590. The van der Waals surface area contributed by atoms with Crippen molar-refractivity contribution in [3.8, 4) is 5.69 Å². The Morgan fingerprint density at radius 1 is 1.33 bits per heavy atom. The fourth-order valence-corrected chi connectivity index (χ4v) is 2.26. The minimum absolute atomic E-state index is 0.233. The lowest BCUT2D eigenvalue weighted by molar-refractivity contribution is 0.0688. The van der Waals surface area contributed by atoms with E-state index >= 15 is 0 Å². The molecule has 1 heterocycles. The zero-order valence-corrected chi connectivity index (χ0v) is 11.7. The molecule has 2 aromatic rings. The van der Waals surface area contributed by atoms with E-state index < -0.39 is 5.97 Å². The lowest BCUT2D eigenvalue weighted by Crippen LogP contribution is -2.14. The maximum Gasteiger partial charge on any atom is 0.352 e. The zero-order chi connectivity index (χ0) is 13.3. The van der Waals surface area contributed by atoms with Crippen LogP contribution in [0.2, 0.25) is 0 Å². The van der Waals surface area contributed by atoms with Gasteiger partial charge >= 0.3 is 5.97 Å². The van der Waals surface area contributed by atoms with Crippen molar-refractivity contribution in [2.24, 2.45) is 0 Å². The van der Waals surface area contributed by atoms with Crippen LogP contribution in [-0.4, -0.2) is 29.7 Å². The van der Waals surface area contributed by atoms with Crippen LogP contribution in [0.3, 0.4) is 0 Å². The lowest BCUT2D eigenvalue weighted by Gasteiger charge is -2.18. The Labute approximate surface area is 114 Å². The number of benzene rings is 1. The maximum atomic E-state index is 11.2. The third kappa shape index (κ3) is 2.26. The molecular weight excluding hydrogens is 296 g/mol. The molecule has 4 nitrogen and oxygen atoms in total. The third-order valence-electron chi connectivity index (χ3n) is 2.63. The maximum absolute atomic E-state index is 11.2. The highest BCUT2D eigenvalue weighted by atomic mass is 79.9. The molecule has 0 saturated heterocycles. The molecule has 0 saturated carbocycles. The van der Waals surface area contributed by atoms with Gasteiger partial charge in [0.25, 0.3) is 0 Å². The molecule has 5 heteroatoms. The molecule has 2 rings (SSSR count). The highest BCUT2D eigenvalue weighted by Gasteiger charge is 2.15. The van der Waals surface area contributed by atoms with Crippen LogP contribution in [0.4, 0.5) is 5.69 Å². The van der Waals surface area contributed by atoms with Crippen molar-refractivity contribution < 1.29 is 9.90 Å². The molecule has 0 unspecified atom stereocenters. The van der Waals surface area contributed by atoms with Crippen LogP contribution in [0, 0.1) is 0 Å². The Morgan fingerprint density at radius 3 is 2.61 bits per heavy atom. The number of halogens is 1. The first-order valence-electron chi connectivity index (χ1n) is 5.38. The van der Waals surface area contributed by atoms with Crippen LogP contribution < -0.4 is 4.90 Å². The highest BCUT2D eigenvalue weighted by molar-refractivity contribution is 9.10. The van der Waals surface area contributed by atoms with Gasteiger partial charge in [0, 0.05) is 24.8 Å². The zero-order valence-electron chi connectivity index (χ0n) is 10.1. The minimum Gasteiger partial charge on any atom is -0.477 e. The number of aromatic nitrogens is 1. The van der Waals surface area contributed by atoms with Crippen molar-refractivity contribution in [1.29, 1.82) is 0 Å². The monoisotopic (exact) mass is 308 g/mol. The second-order valence-electron chi connectivity index (χ2n) is 4.10. The van der Waals surface area contributed by atoms with Gasteiger partial charge in [0.1, 0.15) is 5.69 Å². The summed E-state index contributed by atoms with van der Waals surface area (Å²) in [6.07, 6.45) is 1.76. The number of para-hydroxylation sites is 2. The van der Waals surface area contributed by atoms with E-state index in [1.807, 2.05) is 43.3 Å². The van der Waals surface area contributed by atoms with Gasteiger partial charge in [0.05, 0.1) is 11.4 Å². The second kappa shape index (κ2) is 4.86. The van der Waals surface area contributed by atoms with E-state index in [1.54, 1.807) is 16.8 Å². The SMILES string of the molecule is CN(C)c1ccccc1-n1cc(Br)cc1C(=O)O. The van der Waals surface area contributed by atoms with E-state index in [2.05, 4.69) is 15.9 Å². The first kappa shape index (κ1) is 12.7.